The first-order valence-corrected chi connectivity index (χ1v) is 6.51. The summed E-state index contributed by atoms with van der Waals surface area (Å²) in [6.45, 7) is 5.86. The molecule has 0 amide bonds. The quantitative estimate of drug-likeness (QED) is 0.775. The topological polar surface area (TPSA) is 58.6 Å². The summed E-state index contributed by atoms with van der Waals surface area (Å²) in [5, 5.41) is 12.5. The fourth-order valence-electron chi connectivity index (χ4n) is 2.15. The summed E-state index contributed by atoms with van der Waals surface area (Å²) in [4.78, 5) is 11.9. The van der Waals surface area contributed by atoms with Crippen molar-refractivity contribution in [1.29, 1.82) is 0 Å². The second kappa shape index (κ2) is 6.57. The average molecular weight is 265 g/mol. The molecule has 0 saturated carbocycles. The zero-order chi connectivity index (χ0) is 14.5. The fourth-order valence-corrected chi connectivity index (χ4v) is 2.15. The number of hydrogen-bond donors (Lipinski definition) is 2. The molecular weight excluding hydrogens is 242 g/mol. The van der Waals surface area contributed by atoms with Crippen LogP contribution in [0.15, 0.2) is 24.3 Å². The van der Waals surface area contributed by atoms with E-state index in [1.807, 2.05) is 32.9 Å². The molecule has 4 heteroatoms. The van der Waals surface area contributed by atoms with Gasteiger partial charge in [-0.1, -0.05) is 12.1 Å². The van der Waals surface area contributed by atoms with Gasteiger partial charge in [0, 0.05) is 6.04 Å². The number of phenols is 1. The Bertz CT molecular complexity index is 414. The van der Waals surface area contributed by atoms with Crippen molar-refractivity contribution >= 4 is 5.97 Å². The number of esters is 1. The van der Waals surface area contributed by atoms with E-state index in [0.717, 1.165) is 12.0 Å². The molecule has 19 heavy (non-hydrogen) atoms. The van der Waals surface area contributed by atoms with E-state index in [9.17, 15) is 9.90 Å². The molecule has 2 N–H and O–H groups in total. The molecule has 0 aliphatic carbocycles. The highest BCUT2D eigenvalue weighted by molar-refractivity contribution is 5.80. The Kier molecular flexibility index (Phi) is 5.36. The molecule has 1 atom stereocenters. The molecular formula is C15H23NO3. The highest BCUT2D eigenvalue weighted by Crippen LogP contribution is 2.18. The van der Waals surface area contributed by atoms with E-state index in [1.165, 1.54) is 7.11 Å². The number of ether oxygens (including phenoxy) is 1. The molecule has 0 spiro atoms. The van der Waals surface area contributed by atoms with Gasteiger partial charge in [0.15, 0.2) is 0 Å². The van der Waals surface area contributed by atoms with Crippen LogP contribution in [0.25, 0.3) is 0 Å². The predicted molar refractivity (Wildman–Crippen MR) is 75.1 cm³/mol. The minimum absolute atomic E-state index is 0.198. The van der Waals surface area contributed by atoms with Gasteiger partial charge in [-0.15, -0.1) is 0 Å². The number of aromatic hydroxyl groups is 1. The Balaban J connectivity index is 2.72. The zero-order valence-corrected chi connectivity index (χ0v) is 12.1. The van der Waals surface area contributed by atoms with Crippen molar-refractivity contribution in [2.24, 2.45) is 0 Å². The van der Waals surface area contributed by atoms with Crippen LogP contribution in [-0.2, 0) is 16.0 Å². The van der Waals surface area contributed by atoms with Gasteiger partial charge in [0.2, 0.25) is 0 Å². The Labute approximate surface area is 114 Å². The first kappa shape index (κ1) is 15.5. The summed E-state index contributed by atoms with van der Waals surface area (Å²) in [7, 11) is 1.41. The third kappa shape index (κ3) is 4.56. The third-order valence-electron chi connectivity index (χ3n) is 3.09. The molecule has 106 valence electrons. The summed E-state index contributed by atoms with van der Waals surface area (Å²) >= 11 is 0. The van der Waals surface area contributed by atoms with Gasteiger partial charge in [0.1, 0.15) is 11.3 Å². The van der Waals surface area contributed by atoms with E-state index in [1.54, 1.807) is 12.1 Å². The normalized spacial score (nSPS) is 14.2. The number of hydrogen-bond acceptors (Lipinski definition) is 4. The molecule has 0 radical (unpaired) electrons. The summed E-state index contributed by atoms with van der Waals surface area (Å²) in [5.41, 5.74) is 0.388. The van der Waals surface area contributed by atoms with Crippen molar-refractivity contribution in [3.8, 4) is 5.75 Å². The number of aryl methyl sites for hydroxylation is 1. The van der Waals surface area contributed by atoms with Crippen LogP contribution in [0.3, 0.4) is 0 Å². The Morgan fingerprint density at radius 2 is 1.95 bits per heavy atom. The molecule has 1 aromatic rings. The number of carbonyl (C=O) groups excluding carboxylic acids is 1. The first-order chi connectivity index (χ1) is 8.87. The molecule has 0 aliphatic rings. The SMILES string of the molecule is COC(=O)C(C)(CCc1ccc(O)cc1)NC(C)C. The summed E-state index contributed by atoms with van der Waals surface area (Å²) in [6, 6.07) is 7.23. The van der Waals surface area contributed by atoms with Gasteiger partial charge in [0.05, 0.1) is 7.11 Å². The number of carbonyl (C=O) groups is 1. The standard InChI is InChI=1S/C15H23NO3/c1-11(2)16-15(3,14(18)19-4)10-9-12-5-7-13(17)8-6-12/h5-8,11,16-17H,9-10H2,1-4H3. The van der Waals surface area contributed by atoms with Crippen molar-refractivity contribution in [2.45, 2.75) is 45.2 Å². The minimum atomic E-state index is -0.694. The molecule has 0 bridgehead atoms. The van der Waals surface area contributed by atoms with Crippen LogP contribution in [0, 0.1) is 0 Å². The molecule has 0 saturated heterocycles. The molecule has 1 unspecified atom stereocenters. The van der Waals surface area contributed by atoms with E-state index >= 15 is 0 Å². The lowest BCUT2D eigenvalue weighted by atomic mass is 9.92. The van der Waals surface area contributed by atoms with Crippen molar-refractivity contribution in [3.05, 3.63) is 29.8 Å². The van der Waals surface area contributed by atoms with Crippen LogP contribution >= 0.6 is 0 Å². The minimum Gasteiger partial charge on any atom is -0.508 e. The van der Waals surface area contributed by atoms with E-state index in [-0.39, 0.29) is 17.8 Å². The van der Waals surface area contributed by atoms with Crippen LogP contribution in [0.5, 0.6) is 5.75 Å². The molecule has 0 heterocycles. The molecule has 0 aromatic heterocycles. The molecule has 1 aromatic carbocycles. The maximum atomic E-state index is 11.9. The van der Waals surface area contributed by atoms with E-state index < -0.39 is 5.54 Å². The maximum absolute atomic E-state index is 11.9. The number of phenolic OH excluding ortho intramolecular Hbond substituents is 1. The fraction of sp³-hybridized carbons (Fsp3) is 0.533. The number of nitrogens with one attached hydrogen (secondary N) is 1. The lowest BCUT2D eigenvalue weighted by Gasteiger charge is -2.30. The number of methoxy groups -OCH3 is 1. The number of benzene rings is 1. The Morgan fingerprint density at radius 1 is 1.37 bits per heavy atom. The Morgan fingerprint density at radius 3 is 2.42 bits per heavy atom. The predicted octanol–water partition coefficient (Wildman–Crippen LogP) is 2.25. The Hall–Kier alpha value is -1.55. The van der Waals surface area contributed by atoms with Crippen molar-refractivity contribution in [3.63, 3.8) is 0 Å². The highest BCUT2D eigenvalue weighted by atomic mass is 16.5. The van der Waals surface area contributed by atoms with E-state index in [2.05, 4.69) is 5.32 Å². The average Bonchev–Trinajstić information content (AvgIpc) is 2.36. The zero-order valence-electron chi connectivity index (χ0n) is 12.1. The summed E-state index contributed by atoms with van der Waals surface area (Å²) < 4.78 is 4.88. The largest absolute Gasteiger partial charge is 0.508 e. The van der Waals surface area contributed by atoms with Gasteiger partial charge < -0.3 is 9.84 Å². The van der Waals surface area contributed by atoms with Crippen LogP contribution < -0.4 is 5.32 Å². The van der Waals surface area contributed by atoms with E-state index in [4.69, 9.17) is 4.74 Å². The second-order valence-electron chi connectivity index (χ2n) is 5.29. The van der Waals surface area contributed by atoms with Crippen molar-refractivity contribution in [1.82, 2.24) is 5.32 Å². The monoisotopic (exact) mass is 265 g/mol. The van der Waals surface area contributed by atoms with Crippen molar-refractivity contribution in [2.75, 3.05) is 7.11 Å². The summed E-state index contributed by atoms with van der Waals surface area (Å²) in [5.74, 6) is -0.000219. The molecule has 0 aliphatic heterocycles. The van der Waals surface area contributed by atoms with Crippen LogP contribution in [-0.4, -0.2) is 29.8 Å². The van der Waals surface area contributed by atoms with Gasteiger partial charge in [-0.05, 0) is 51.3 Å². The molecule has 0 fully saturated rings. The lowest BCUT2D eigenvalue weighted by molar-refractivity contribution is -0.148. The summed E-state index contributed by atoms with van der Waals surface area (Å²) in [6.07, 6.45) is 1.38. The first-order valence-electron chi connectivity index (χ1n) is 6.51. The number of rotatable bonds is 6. The maximum Gasteiger partial charge on any atom is 0.325 e. The van der Waals surface area contributed by atoms with Gasteiger partial charge in [-0.25, -0.2) is 0 Å². The molecule has 4 nitrogen and oxygen atoms in total. The van der Waals surface area contributed by atoms with Gasteiger partial charge in [-0.2, -0.15) is 0 Å². The van der Waals surface area contributed by atoms with Crippen LogP contribution in [0.1, 0.15) is 32.8 Å². The van der Waals surface area contributed by atoms with E-state index in [0.29, 0.717) is 6.42 Å². The van der Waals surface area contributed by atoms with Gasteiger partial charge in [0.25, 0.3) is 0 Å². The van der Waals surface area contributed by atoms with Crippen LogP contribution in [0.4, 0.5) is 0 Å². The smallest absolute Gasteiger partial charge is 0.325 e. The van der Waals surface area contributed by atoms with Gasteiger partial charge >= 0.3 is 5.97 Å². The molecule has 1 rings (SSSR count). The van der Waals surface area contributed by atoms with Crippen LogP contribution in [0.2, 0.25) is 0 Å². The lowest BCUT2D eigenvalue weighted by Crippen LogP contribution is -2.53. The highest BCUT2D eigenvalue weighted by Gasteiger charge is 2.34. The van der Waals surface area contributed by atoms with Crippen molar-refractivity contribution < 1.29 is 14.6 Å². The second-order valence-corrected chi connectivity index (χ2v) is 5.29. The third-order valence-corrected chi connectivity index (χ3v) is 3.09. The van der Waals surface area contributed by atoms with Gasteiger partial charge in [-0.3, -0.25) is 10.1 Å².